The molecule has 3 heterocycles. The van der Waals surface area contributed by atoms with E-state index < -0.39 is 0 Å². The molecule has 7 heteroatoms. The Bertz CT molecular complexity index is 532. The van der Waals surface area contributed by atoms with Crippen molar-refractivity contribution in [2.75, 3.05) is 45.9 Å². The van der Waals surface area contributed by atoms with Crippen LogP contribution in [-0.2, 0) is 9.53 Å². The van der Waals surface area contributed by atoms with E-state index in [4.69, 9.17) is 9.15 Å². The van der Waals surface area contributed by atoms with Gasteiger partial charge in [-0.25, -0.2) is 0 Å². The fourth-order valence-electron chi connectivity index (χ4n) is 3.11. The zero-order chi connectivity index (χ0) is 16.8. The molecule has 2 fully saturated rings. The van der Waals surface area contributed by atoms with Crippen molar-refractivity contribution in [3.63, 3.8) is 0 Å². The lowest BCUT2D eigenvalue weighted by molar-refractivity contribution is -0.122. The molecule has 1 N–H and O–H groups in total. The average Bonchev–Trinajstić information content (AvgIpc) is 3.31. The third-order valence-electron chi connectivity index (χ3n) is 4.60. The van der Waals surface area contributed by atoms with Gasteiger partial charge in [0.1, 0.15) is 0 Å². The molecule has 0 spiro atoms. The highest BCUT2D eigenvalue weighted by molar-refractivity contribution is 5.91. The first kappa shape index (κ1) is 17.0. The lowest BCUT2D eigenvalue weighted by Crippen LogP contribution is -2.49. The number of amides is 2. The van der Waals surface area contributed by atoms with Gasteiger partial charge in [0.05, 0.1) is 12.4 Å². The zero-order valence-corrected chi connectivity index (χ0v) is 13.9. The van der Waals surface area contributed by atoms with Gasteiger partial charge in [-0.15, -0.1) is 0 Å². The lowest BCUT2D eigenvalue weighted by atomic mass is 10.2. The quantitative estimate of drug-likeness (QED) is 0.829. The van der Waals surface area contributed by atoms with Gasteiger partial charge in [-0.2, -0.15) is 0 Å². The third-order valence-corrected chi connectivity index (χ3v) is 4.60. The number of carbonyl (C=O) groups excluding carboxylic acids is 2. The third kappa shape index (κ3) is 4.58. The largest absolute Gasteiger partial charge is 0.459 e. The summed E-state index contributed by atoms with van der Waals surface area (Å²) in [5.41, 5.74) is 0. The SMILES string of the molecule is O=C(CCN1CCN(C(=O)c2ccco2)CC1)NCC1CCCO1. The standard InChI is InChI=1S/C17H25N3O4/c21-16(18-13-14-3-1-11-23-14)5-6-19-7-9-20(10-8-19)17(22)15-4-2-12-24-15/h2,4,12,14H,1,3,5-11,13H2,(H,18,21). The second-order valence-corrected chi connectivity index (χ2v) is 6.30. The van der Waals surface area contributed by atoms with E-state index in [1.165, 1.54) is 6.26 Å². The molecule has 1 aromatic rings. The Morgan fingerprint density at radius 1 is 1.25 bits per heavy atom. The van der Waals surface area contributed by atoms with Crippen LogP contribution in [0.4, 0.5) is 0 Å². The maximum absolute atomic E-state index is 12.2. The highest BCUT2D eigenvalue weighted by Gasteiger charge is 2.24. The van der Waals surface area contributed by atoms with Crippen molar-refractivity contribution < 1.29 is 18.7 Å². The molecule has 24 heavy (non-hydrogen) atoms. The van der Waals surface area contributed by atoms with Crippen molar-refractivity contribution in [1.29, 1.82) is 0 Å². The number of furan rings is 1. The van der Waals surface area contributed by atoms with Gasteiger partial charge in [0.25, 0.3) is 5.91 Å². The first-order chi connectivity index (χ1) is 11.7. The normalized spacial score (nSPS) is 21.8. The molecule has 0 aromatic carbocycles. The smallest absolute Gasteiger partial charge is 0.289 e. The van der Waals surface area contributed by atoms with E-state index in [2.05, 4.69) is 10.2 Å². The van der Waals surface area contributed by atoms with Crippen molar-refractivity contribution in [3.05, 3.63) is 24.2 Å². The summed E-state index contributed by atoms with van der Waals surface area (Å²) in [5.74, 6) is 0.394. The number of ether oxygens (including phenoxy) is 1. The summed E-state index contributed by atoms with van der Waals surface area (Å²) < 4.78 is 10.6. The molecular weight excluding hydrogens is 310 g/mol. The summed E-state index contributed by atoms with van der Waals surface area (Å²) in [4.78, 5) is 28.1. The van der Waals surface area contributed by atoms with Gasteiger partial charge in [-0.3, -0.25) is 14.5 Å². The van der Waals surface area contributed by atoms with Crippen molar-refractivity contribution in [2.24, 2.45) is 0 Å². The molecular formula is C17H25N3O4. The number of nitrogens with zero attached hydrogens (tertiary/aromatic N) is 2. The van der Waals surface area contributed by atoms with Gasteiger partial charge in [-0.1, -0.05) is 0 Å². The van der Waals surface area contributed by atoms with Crippen LogP contribution in [0, 0.1) is 0 Å². The van der Waals surface area contributed by atoms with E-state index in [0.717, 1.165) is 39.1 Å². The predicted molar refractivity (Wildman–Crippen MR) is 87.7 cm³/mol. The molecule has 1 atom stereocenters. The average molecular weight is 335 g/mol. The fraction of sp³-hybridized carbons (Fsp3) is 0.647. The van der Waals surface area contributed by atoms with Crippen molar-refractivity contribution in [2.45, 2.75) is 25.4 Å². The van der Waals surface area contributed by atoms with Gasteiger partial charge >= 0.3 is 0 Å². The van der Waals surface area contributed by atoms with Crippen LogP contribution in [0.15, 0.2) is 22.8 Å². The Hall–Kier alpha value is -1.86. The molecule has 0 bridgehead atoms. The number of rotatable bonds is 6. The van der Waals surface area contributed by atoms with E-state index in [1.54, 1.807) is 17.0 Å². The van der Waals surface area contributed by atoms with Crippen molar-refractivity contribution in [3.8, 4) is 0 Å². The summed E-state index contributed by atoms with van der Waals surface area (Å²) in [6.07, 6.45) is 4.30. The van der Waals surface area contributed by atoms with E-state index in [1.807, 2.05) is 0 Å². The first-order valence-electron chi connectivity index (χ1n) is 8.66. The van der Waals surface area contributed by atoms with Crippen LogP contribution in [0.1, 0.15) is 29.8 Å². The summed E-state index contributed by atoms with van der Waals surface area (Å²) in [6.45, 7) is 5.04. The van der Waals surface area contributed by atoms with Crippen molar-refractivity contribution >= 4 is 11.8 Å². The molecule has 2 amide bonds. The van der Waals surface area contributed by atoms with Gasteiger partial charge < -0.3 is 19.4 Å². The van der Waals surface area contributed by atoms with E-state index in [-0.39, 0.29) is 17.9 Å². The molecule has 0 saturated carbocycles. The topological polar surface area (TPSA) is 75.0 Å². The minimum Gasteiger partial charge on any atom is -0.459 e. The minimum absolute atomic E-state index is 0.0612. The lowest BCUT2D eigenvalue weighted by Gasteiger charge is -2.34. The molecule has 0 aliphatic carbocycles. The molecule has 0 radical (unpaired) electrons. The van der Waals surface area contributed by atoms with E-state index >= 15 is 0 Å². The van der Waals surface area contributed by atoms with Gasteiger partial charge in [0.2, 0.25) is 5.91 Å². The van der Waals surface area contributed by atoms with Crippen molar-refractivity contribution in [1.82, 2.24) is 15.1 Å². The summed E-state index contributed by atoms with van der Waals surface area (Å²) in [6, 6.07) is 3.41. The highest BCUT2D eigenvalue weighted by atomic mass is 16.5. The van der Waals surface area contributed by atoms with E-state index in [0.29, 0.717) is 31.8 Å². The molecule has 7 nitrogen and oxygen atoms in total. The highest BCUT2D eigenvalue weighted by Crippen LogP contribution is 2.11. The Kier molecular flexibility index (Phi) is 5.87. The maximum atomic E-state index is 12.2. The number of piperazine rings is 1. The number of carbonyl (C=O) groups is 2. The van der Waals surface area contributed by atoms with Gasteiger partial charge in [0.15, 0.2) is 5.76 Å². The monoisotopic (exact) mass is 335 g/mol. The fourth-order valence-corrected chi connectivity index (χ4v) is 3.11. The van der Waals surface area contributed by atoms with Crippen LogP contribution in [0.2, 0.25) is 0 Å². The van der Waals surface area contributed by atoms with Crippen LogP contribution in [0.3, 0.4) is 0 Å². The number of hydrogen-bond donors (Lipinski definition) is 1. The number of nitrogens with one attached hydrogen (secondary N) is 1. The summed E-state index contributed by atoms with van der Waals surface area (Å²) in [7, 11) is 0. The second-order valence-electron chi connectivity index (χ2n) is 6.30. The van der Waals surface area contributed by atoms with Crippen LogP contribution in [-0.4, -0.2) is 73.6 Å². The molecule has 1 aromatic heterocycles. The molecule has 2 aliphatic heterocycles. The summed E-state index contributed by atoms with van der Waals surface area (Å²) >= 11 is 0. The molecule has 3 rings (SSSR count). The van der Waals surface area contributed by atoms with Gasteiger partial charge in [-0.05, 0) is 25.0 Å². The predicted octanol–water partition coefficient (Wildman–Crippen LogP) is 0.723. The number of hydrogen-bond acceptors (Lipinski definition) is 5. The molecule has 1 unspecified atom stereocenters. The van der Waals surface area contributed by atoms with Crippen LogP contribution >= 0.6 is 0 Å². The zero-order valence-electron chi connectivity index (χ0n) is 13.9. The van der Waals surface area contributed by atoms with Gasteiger partial charge in [0, 0.05) is 52.3 Å². The summed E-state index contributed by atoms with van der Waals surface area (Å²) in [5, 5.41) is 2.94. The Labute approximate surface area is 141 Å². The molecule has 132 valence electrons. The molecule has 2 aliphatic rings. The van der Waals surface area contributed by atoms with Crippen LogP contribution in [0.25, 0.3) is 0 Å². The molecule has 2 saturated heterocycles. The second kappa shape index (κ2) is 8.30. The Morgan fingerprint density at radius 2 is 2.08 bits per heavy atom. The Balaban J connectivity index is 1.32. The Morgan fingerprint density at radius 3 is 2.75 bits per heavy atom. The minimum atomic E-state index is -0.0612. The van der Waals surface area contributed by atoms with E-state index in [9.17, 15) is 9.59 Å². The maximum Gasteiger partial charge on any atom is 0.289 e. The van der Waals surface area contributed by atoms with Crippen LogP contribution in [0.5, 0.6) is 0 Å². The van der Waals surface area contributed by atoms with Crippen LogP contribution < -0.4 is 5.32 Å². The first-order valence-corrected chi connectivity index (χ1v) is 8.66.